The van der Waals surface area contributed by atoms with Crippen LogP contribution in [0.15, 0.2) is 18.2 Å². The van der Waals surface area contributed by atoms with Gasteiger partial charge in [0.05, 0.1) is 8.49 Å². The maximum absolute atomic E-state index is 11.8. The Morgan fingerprint density at radius 3 is 2.64 bits per heavy atom. The highest BCUT2D eigenvalue weighted by atomic mass is 127. The molecule has 4 nitrogen and oxygen atoms in total. The fourth-order valence-electron chi connectivity index (χ4n) is 0.864. The normalized spacial score (nSPS) is 10.3. The Hall–Kier alpha value is -0.990. The Bertz CT molecular complexity index is 359. The van der Waals surface area contributed by atoms with E-state index in [1.165, 1.54) is 12.1 Å². The number of rotatable bonds is 3. The predicted octanol–water partition coefficient (Wildman–Crippen LogP) is 2.80. The Labute approximate surface area is 91.2 Å². The van der Waals surface area contributed by atoms with Gasteiger partial charge in [0.15, 0.2) is 0 Å². The van der Waals surface area contributed by atoms with Crippen LogP contribution in [0.25, 0.3) is 0 Å². The smallest absolute Gasteiger partial charge is 0.387 e. The average molecular weight is 315 g/mol. The van der Waals surface area contributed by atoms with Crippen molar-refractivity contribution in [3.8, 4) is 5.75 Å². The maximum atomic E-state index is 11.8. The van der Waals surface area contributed by atoms with Crippen molar-refractivity contribution in [2.24, 2.45) is 0 Å². The zero-order valence-corrected chi connectivity index (χ0v) is 8.77. The van der Waals surface area contributed by atoms with Crippen molar-refractivity contribution < 1.29 is 18.4 Å². The molecule has 1 aromatic carbocycles. The van der Waals surface area contributed by atoms with Crippen LogP contribution in [-0.2, 0) is 0 Å². The predicted molar refractivity (Wildman–Crippen MR) is 52.4 cm³/mol. The number of hydrogen-bond acceptors (Lipinski definition) is 3. The summed E-state index contributed by atoms with van der Waals surface area (Å²) in [4.78, 5) is 9.75. The molecule has 0 aliphatic heterocycles. The number of nitrogens with zero attached hydrogens (tertiary/aromatic N) is 1. The first-order valence-corrected chi connectivity index (χ1v) is 4.48. The molecule has 1 rings (SSSR count). The molecule has 0 aromatic heterocycles. The molecule has 0 bridgehead atoms. The molecule has 0 radical (unpaired) electrons. The summed E-state index contributed by atoms with van der Waals surface area (Å²) in [7, 11) is 0. The van der Waals surface area contributed by atoms with Crippen LogP contribution in [0, 0.1) is 13.7 Å². The highest BCUT2D eigenvalue weighted by Gasteiger charge is 2.21. The lowest BCUT2D eigenvalue weighted by molar-refractivity contribution is -0.387. The number of benzene rings is 1. The quantitative estimate of drug-likeness (QED) is 0.490. The Kier molecular flexibility index (Phi) is 3.55. The molecule has 0 fully saturated rings. The van der Waals surface area contributed by atoms with Gasteiger partial charge in [0, 0.05) is 0 Å². The van der Waals surface area contributed by atoms with Crippen LogP contribution >= 0.6 is 22.6 Å². The first-order chi connectivity index (χ1) is 6.52. The molecule has 0 aliphatic carbocycles. The van der Waals surface area contributed by atoms with E-state index in [2.05, 4.69) is 4.74 Å². The molecule has 0 aliphatic rings. The van der Waals surface area contributed by atoms with Crippen molar-refractivity contribution in [3.05, 3.63) is 31.9 Å². The van der Waals surface area contributed by atoms with Gasteiger partial charge >= 0.3 is 12.3 Å². The first-order valence-electron chi connectivity index (χ1n) is 3.40. The minimum atomic E-state index is -3.06. The molecule has 0 amide bonds. The van der Waals surface area contributed by atoms with Crippen LogP contribution < -0.4 is 4.74 Å². The van der Waals surface area contributed by atoms with Crippen molar-refractivity contribution in [1.29, 1.82) is 0 Å². The van der Waals surface area contributed by atoms with E-state index in [0.29, 0.717) is 0 Å². The lowest BCUT2D eigenvalue weighted by Crippen LogP contribution is -2.05. The van der Waals surface area contributed by atoms with Crippen LogP contribution in [0.1, 0.15) is 0 Å². The summed E-state index contributed by atoms with van der Waals surface area (Å²) < 4.78 is 28.0. The third-order valence-electron chi connectivity index (χ3n) is 1.35. The van der Waals surface area contributed by atoms with Gasteiger partial charge in [-0.1, -0.05) is 6.07 Å². The van der Waals surface area contributed by atoms with E-state index in [1.54, 1.807) is 22.6 Å². The van der Waals surface area contributed by atoms with Gasteiger partial charge < -0.3 is 4.74 Å². The first kappa shape index (κ1) is 11.1. The average Bonchev–Trinajstić information content (AvgIpc) is 2.01. The zero-order chi connectivity index (χ0) is 10.7. The Morgan fingerprint density at radius 1 is 1.50 bits per heavy atom. The van der Waals surface area contributed by atoms with Crippen molar-refractivity contribution >= 4 is 28.3 Å². The third-order valence-corrected chi connectivity index (χ3v) is 2.22. The topological polar surface area (TPSA) is 52.4 Å². The Balaban J connectivity index is 3.14. The lowest BCUT2D eigenvalue weighted by Gasteiger charge is -2.05. The van der Waals surface area contributed by atoms with Crippen LogP contribution in [0.3, 0.4) is 0 Å². The number of ether oxygens (including phenoxy) is 1. The fraction of sp³-hybridized carbons (Fsp3) is 0.143. The summed E-state index contributed by atoms with van der Waals surface area (Å²) in [6.07, 6.45) is 0. The minimum Gasteiger partial charge on any atom is -0.427 e. The number of nitro groups is 1. The molecular weight excluding hydrogens is 311 g/mol. The summed E-state index contributed by atoms with van der Waals surface area (Å²) in [5.74, 6) is -0.420. The van der Waals surface area contributed by atoms with Crippen LogP contribution in [0.4, 0.5) is 14.5 Å². The molecule has 0 heterocycles. The minimum absolute atomic E-state index is 0.255. The molecule has 1 aromatic rings. The second-order valence-electron chi connectivity index (χ2n) is 2.22. The summed E-state index contributed by atoms with van der Waals surface area (Å²) in [5, 5.41) is 10.5. The van der Waals surface area contributed by atoms with Crippen LogP contribution in [0.2, 0.25) is 0 Å². The van der Waals surface area contributed by atoms with Crippen molar-refractivity contribution in [1.82, 2.24) is 0 Å². The van der Waals surface area contributed by atoms with Gasteiger partial charge in [-0.15, -0.1) is 0 Å². The molecule has 0 saturated heterocycles. The molecule has 0 unspecified atom stereocenters. The third kappa shape index (κ3) is 2.50. The van der Waals surface area contributed by atoms with E-state index in [9.17, 15) is 18.9 Å². The van der Waals surface area contributed by atoms with Crippen LogP contribution in [-0.4, -0.2) is 11.5 Å². The number of alkyl halides is 2. The number of nitro benzene ring substituents is 1. The molecule has 0 spiro atoms. The van der Waals surface area contributed by atoms with Crippen molar-refractivity contribution in [2.45, 2.75) is 6.61 Å². The molecule has 14 heavy (non-hydrogen) atoms. The highest BCUT2D eigenvalue weighted by Crippen LogP contribution is 2.32. The lowest BCUT2D eigenvalue weighted by atomic mass is 10.3. The molecular formula is C7H4F2INO3. The SMILES string of the molecule is O=[N+]([O-])c1c(I)cccc1OC(F)F. The fourth-order valence-corrected chi connectivity index (χ4v) is 1.53. The maximum Gasteiger partial charge on any atom is 0.387 e. The van der Waals surface area contributed by atoms with Crippen LogP contribution in [0.5, 0.6) is 5.75 Å². The van der Waals surface area contributed by atoms with Gasteiger partial charge in [0.25, 0.3) is 0 Å². The monoisotopic (exact) mass is 315 g/mol. The van der Waals surface area contributed by atoms with E-state index in [1.807, 2.05) is 0 Å². The molecule has 7 heteroatoms. The highest BCUT2D eigenvalue weighted by molar-refractivity contribution is 14.1. The van der Waals surface area contributed by atoms with E-state index >= 15 is 0 Å². The molecule has 0 N–H and O–H groups in total. The molecule has 76 valence electrons. The van der Waals surface area contributed by atoms with Crippen molar-refractivity contribution in [2.75, 3.05) is 0 Å². The number of hydrogen-bond donors (Lipinski definition) is 0. The van der Waals surface area contributed by atoms with Gasteiger partial charge in [-0.05, 0) is 34.7 Å². The number of halogens is 3. The van der Waals surface area contributed by atoms with Gasteiger partial charge in [-0.3, -0.25) is 10.1 Å². The second-order valence-corrected chi connectivity index (χ2v) is 3.38. The number of para-hydroxylation sites is 1. The summed E-state index contributed by atoms with van der Waals surface area (Å²) in [6.45, 7) is -3.06. The second kappa shape index (κ2) is 4.49. The molecule has 0 saturated carbocycles. The largest absolute Gasteiger partial charge is 0.427 e. The van der Waals surface area contributed by atoms with E-state index in [4.69, 9.17) is 0 Å². The van der Waals surface area contributed by atoms with Gasteiger partial charge in [-0.2, -0.15) is 8.78 Å². The standard InChI is InChI=1S/C7H4F2INO3/c8-7(9)14-5-3-1-2-4(10)6(5)11(12)13/h1-3,7H. The van der Waals surface area contributed by atoms with E-state index in [-0.39, 0.29) is 3.57 Å². The summed E-state index contributed by atoms with van der Waals surface area (Å²) in [6, 6.07) is 3.98. The summed E-state index contributed by atoms with van der Waals surface area (Å²) >= 11 is 1.68. The Morgan fingerprint density at radius 2 is 2.14 bits per heavy atom. The van der Waals surface area contributed by atoms with Gasteiger partial charge in [-0.25, -0.2) is 0 Å². The van der Waals surface area contributed by atoms with Gasteiger partial charge in [0.1, 0.15) is 0 Å². The van der Waals surface area contributed by atoms with E-state index in [0.717, 1.165) is 6.07 Å². The zero-order valence-electron chi connectivity index (χ0n) is 6.62. The molecule has 0 atom stereocenters. The van der Waals surface area contributed by atoms with E-state index < -0.39 is 23.0 Å². The summed E-state index contributed by atoms with van der Waals surface area (Å²) in [5.41, 5.74) is -0.437. The van der Waals surface area contributed by atoms with Crippen molar-refractivity contribution in [3.63, 3.8) is 0 Å². The van der Waals surface area contributed by atoms with Gasteiger partial charge in [0.2, 0.25) is 5.75 Å².